The van der Waals surface area contributed by atoms with Crippen LogP contribution in [0, 0.1) is 5.82 Å². The number of amides is 1. The topological polar surface area (TPSA) is 91.5 Å². The first-order valence-electron chi connectivity index (χ1n) is 12.5. The molecule has 1 amide bonds. The van der Waals surface area contributed by atoms with E-state index in [1.54, 1.807) is 4.90 Å². The Hall–Kier alpha value is -4.21. The molecule has 1 aliphatic rings. The molecule has 198 valence electrons. The summed E-state index contributed by atoms with van der Waals surface area (Å²) in [6.07, 6.45) is 3.94. The predicted octanol–water partition coefficient (Wildman–Crippen LogP) is 4.52. The van der Waals surface area contributed by atoms with Crippen molar-refractivity contribution in [1.29, 1.82) is 0 Å². The van der Waals surface area contributed by atoms with Gasteiger partial charge in [0.1, 0.15) is 23.8 Å². The van der Waals surface area contributed by atoms with Crippen molar-refractivity contribution >= 4 is 17.0 Å². The van der Waals surface area contributed by atoms with Crippen LogP contribution in [0.15, 0.2) is 53.6 Å². The molecule has 0 atom stereocenters. The van der Waals surface area contributed by atoms with Crippen LogP contribution in [-0.2, 0) is 31.4 Å². The number of nitrogens with zero attached hydrogens (tertiary/aromatic N) is 5. The van der Waals surface area contributed by atoms with E-state index in [0.717, 1.165) is 35.5 Å². The second-order valence-corrected chi connectivity index (χ2v) is 10.4. The van der Waals surface area contributed by atoms with Gasteiger partial charge in [0.05, 0.1) is 35.8 Å². The van der Waals surface area contributed by atoms with Crippen molar-refractivity contribution in [1.82, 2.24) is 24.2 Å². The number of hydrogen-bond acceptors (Lipinski definition) is 6. The van der Waals surface area contributed by atoms with Crippen molar-refractivity contribution in [2.24, 2.45) is 7.05 Å². The van der Waals surface area contributed by atoms with Crippen molar-refractivity contribution in [2.45, 2.75) is 52.4 Å². The molecule has 0 saturated heterocycles. The first-order chi connectivity index (χ1) is 18.1. The molecule has 5 rings (SSSR count). The molecule has 0 bridgehead atoms. The van der Waals surface area contributed by atoms with Gasteiger partial charge in [-0.25, -0.2) is 9.18 Å². The van der Waals surface area contributed by atoms with E-state index in [9.17, 15) is 14.0 Å². The van der Waals surface area contributed by atoms with Gasteiger partial charge >= 0.3 is 6.09 Å². The maximum Gasteiger partial charge on any atom is 0.410 e. The Morgan fingerprint density at radius 2 is 1.95 bits per heavy atom. The lowest BCUT2D eigenvalue weighted by Gasteiger charge is -2.26. The molecular formula is C28H30FN5O4. The average molecular weight is 520 g/mol. The molecule has 0 radical (unpaired) electrons. The largest absolute Gasteiger partial charge is 0.485 e. The molecule has 1 aliphatic heterocycles. The number of pyridine rings is 1. The van der Waals surface area contributed by atoms with Gasteiger partial charge in [-0.3, -0.25) is 9.78 Å². The summed E-state index contributed by atoms with van der Waals surface area (Å²) in [6, 6.07) is 9.94. The standard InChI is InChI=1S/C28H30FN5O4/c1-28(2,3)38-27(36)33-11-5-6-24-23(16-33)22-10-9-20(12-25(22)32(24)4)34-26(35)13-21(15-31-34)37-17-19-8-7-18(29)14-30-19/h7-10,12-15H,5-6,11,16-17H2,1-4H3. The molecule has 0 N–H and O–H groups in total. The monoisotopic (exact) mass is 519 g/mol. The predicted molar refractivity (Wildman–Crippen MR) is 140 cm³/mol. The number of carbonyl (C=O) groups excluding carboxylic acids is 1. The highest BCUT2D eigenvalue weighted by Crippen LogP contribution is 2.31. The van der Waals surface area contributed by atoms with Gasteiger partial charge in [0.25, 0.3) is 5.56 Å². The molecule has 1 aromatic carbocycles. The average Bonchev–Trinajstić information content (AvgIpc) is 3.00. The second kappa shape index (κ2) is 9.92. The summed E-state index contributed by atoms with van der Waals surface area (Å²) >= 11 is 0. The van der Waals surface area contributed by atoms with Crippen LogP contribution >= 0.6 is 0 Å². The summed E-state index contributed by atoms with van der Waals surface area (Å²) in [6.45, 7) is 6.79. The molecular weight excluding hydrogens is 489 g/mol. The van der Waals surface area contributed by atoms with E-state index in [-0.39, 0.29) is 18.3 Å². The fourth-order valence-corrected chi connectivity index (χ4v) is 4.69. The first kappa shape index (κ1) is 25.4. The molecule has 9 nitrogen and oxygen atoms in total. The molecule has 3 aromatic heterocycles. The highest BCUT2D eigenvalue weighted by molar-refractivity contribution is 5.87. The van der Waals surface area contributed by atoms with E-state index in [1.807, 2.05) is 46.0 Å². The van der Waals surface area contributed by atoms with Gasteiger partial charge in [-0.1, -0.05) is 6.07 Å². The Morgan fingerprint density at radius 3 is 2.66 bits per heavy atom. The molecule has 0 saturated carbocycles. The Balaban J connectivity index is 1.40. The number of aryl methyl sites for hydroxylation is 1. The Labute approximate surface area is 219 Å². The third kappa shape index (κ3) is 5.25. The molecule has 10 heteroatoms. The lowest BCUT2D eigenvalue weighted by Crippen LogP contribution is -2.36. The zero-order valence-electron chi connectivity index (χ0n) is 21.9. The van der Waals surface area contributed by atoms with Crippen LogP contribution in [0.3, 0.4) is 0 Å². The van der Waals surface area contributed by atoms with Crippen LogP contribution in [0.25, 0.3) is 16.6 Å². The van der Waals surface area contributed by atoms with Gasteiger partial charge < -0.3 is 18.9 Å². The summed E-state index contributed by atoms with van der Waals surface area (Å²) < 4.78 is 27.7. The lowest BCUT2D eigenvalue weighted by atomic mass is 10.1. The third-order valence-corrected chi connectivity index (χ3v) is 6.46. The summed E-state index contributed by atoms with van der Waals surface area (Å²) in [7, 11) is 2.00. The van der Waals surface area contributed by atoms with Gasteiger partial charge in [0, 0.05) is 36.3 Å². The van der Waals surface area contributed by atoms with Crippen LogP contribution in [-0.4, -0.2) is 42.5 Å². The van der Waals surface area contributed by atoms with Crippen LogP contribution in [0.4, 0.5) is 9.18 Å². The molecule has 4 aromatic rings. The quantitative estimate of drug-likeness (QED) is 0.394. The zero-order valence-corrected chi connectivity index (χ0v) is 21.9. The Bertz CT molecular complexity index is 1550. The number of fused-ring (bicyclic) bond motifs is 3. The Kier molecular flexibility index (Phi) is 6.64. The van der Waals surface area contributed by atoms with Crippen LogP contribution < -0.4 is 10.3 Å². The first-order valence-corrected chi connectivity index (χ1v) is 12.5. The molecule has 38 heavy (non-hydrogen) atoms. The number of halogens is 1. The van der Waals surface area contributed by atoms with E-state index >= 15 is 0 Å². The van der Waals surface area contributed by atoms with Crippen LogP contribution in [0.2, 0.25) is 0 Å². The van der Waals surface area contributed by atoms with E-state index in [4.69, 9.17) is 9.47 Å². The van der Waals surface area contributed by atoms with Gasteiger partial charge in [-0.05, 0) is 57.9 Å². The van der Waals surface area contributed by atoms with Crippen LogP contribution in [0.1, 0.15) is 44.1 Å². The van der Waals surface area contributed by atoms with E-state index in [2.05, 4.69) is 14.6 Å². The fourth-order valence-electron chi connectivity index (χ4n) is 4.69. The maximum absolute atomic E-state index is 13.0. The second-order valence-electron chi connectivity index (χ2n) is 10.4. The zero-order chi connectivity index (χ0) is 27.0. The maximum atomic E-state index is 13.0. The number of ether oxygens (including phenoxy) is 2. The van der Waals surface area contributed by atoms with Crippen molar-refractivity contribution in [3.63, 3.8) is 0 Å². The minimum Gasteiger partial charge on any atom is -0.485 e. The molecule has 0 unspecified atom stereocenters. The number of hydrogen-bond donors (Lipinski definition) is 0. The van der Waals surface area contributed by atoms with E-state index in [1.165, 1.54) is 34.8 Å². The number of benzene rings is 1. The molecule has 0 spiro atoms. The normalized spacial score (nSPS) is 13.8. The van der Waals surface area contributed by atoms with Crippen molar-refractivity contribution in [3.8, 4) is 11.4 Å². The number of aromatic nitrogens is 4. The minimum absolute atomic E-state index is 0.0899. The fraction of sp³-hybridized carbons (Fsp3) is 0.357. The van der Waals surface area contributed by atoms with Crippen LogP contribution in [0.5, 0.6) is 5.75 Å². The van der Waals surface area contributed by atoms with Crippen molar-refractivity contribution in [2.75, 3.05) is 6.54 Å². The van der Waals surface area contributed by atoms with E-state index < -0.39 is 11.4 Å². The van der Waals surface area contributed by atoms with Gasteiger partial charge in [0.2, 0.25) is 0 Å². The van der Waals surface area contributed by atoms with Gasteiger partial charge in [0.15, 0.2) is 0 Å². The summed E-state index contributed by atoms with van der Waals surface area (Å²) in [5, 5.41) is 5.33. The van der Waals surface area contributed by atoms with Crippen molar-refractivity contribution in [3.05, 3.63) is 81.9 Å². The molecule has 0 aliphatic carbocycles. The highest BCUT2D eigenvalue weighted by atomic mass is 19.1. The number of carbonyl (C=O) groups is 1. The molecule has 0 fully saturated rings. The highest BCUT2D eigenvalue weighted by Gasteiger charge is 2.27. The summed E-state index contributed by atoms with van der Waals surface area (Å²) in [5.74, 6) is -0.128. The van der Waals surface area contributed by atoms with Crippen molar-refractivity contribution < 1.29 is 18.7 Å². The molecule has 4 heterocycles. The van der Waals surface area contributed by atoms with E-state index in [0.29, 0.717) is 30.2 Å². The van der Waals surface area contributed by atoms with Gasteiger partial charge in [-0.15, -0.1) is 0 Å². The third-order valence-electron chi connectivity index (χ3n) is 6.46. The Morgan fingerprint density at radius 1 is 1.13 bits per heavy atom. The van der Waals surface area contributed by atoms with Gasteiger partial charge in [-0.2, -0.15) is 9.78 Å². The summed E-state index contributed by atoms with van der Waals surface area (Å²) in [4.78, 5) is 31.4. The minimum atomic E-state index is -0.557. The smallest absolute Gasteiger partial charge is 0.410 e. The summed E-state index contributed by atoms with van der Waals surface area (Å²) in [5.41, 5.74) is 3.47. The number of rotatable bonds is 4. The SMILES string of the molecule is Cn1c2c(c3ccc(-n4ncc(OCc5ccc(F)cn5)cc4=O)cc31)CN(C(=O)OC(C)(C)C)CCC2. The lowest BCUT2D eigenvalue weighted by molar-refractivity contribution is 0.0237.